The van der Waals surface area contributed by atoms with Gasteiger partial charge in [-0.25, -0.2) is 13.1 Å². The third kappa shape index (κ3) is 4.81. The van der Waals surface area contributed by atoms with Crippen molar-refractivity contribution >= 4 is 10.0 Å². The van der Waals surface area contributed by atoms with E-state index in [1.165, 1.54) is 6.07 Å². The highest BCUT2D eigenvalue weighted by atomic mass is 32.2. The van der Waals surface area contributed by atoms with Crippen molar-refractivity contribution in [1.29, 1.82) is 0 Å². The van der Waals surface area contributed by atoms with E-state index < -0.39 is 10.0 Å². The Bertz CT molecular complexity index is 499. The van der Waals surface area contributed by atoms with Crippen molar-refractivity contribution in [3.8, 4) is 5.75 Å². The quantitative estimate of drug-likeness (QED) is 0.710. The van der Waals surface area contributed by atoms with Crippen molar-refractivity contribution in [2.45, 2.75) is 31.6 Å². The van der Waals surface area contributed by atoms with Gasteiger partial charge in [-0.15, -0.1) is 0 Å². The van der Waals surface area contributed by atoms with Gasteiger partial charge in [-0.2, -0.15) is 0 Å². The van der Waals surface area contributed by atoms with E-state index in [1.807, 2.05) is 13.8 Å². The summed E-state index contributed by atoms with van der Waals surface area (Å²) in [4.78, 5) is 0.234. The van der Waals surface area contributed by atoms with E-state index in [-0.39, 0.29) is 11.5 Å². The molecule has 0 unspecified atom stereocenters. The van der Waals surface area contributed by atoms with Crippen LogP contribution in [0, 0.1) is 6.92 Å². The van der Waals surface area contributed by atoms with E-state index in [4.69, 9.17) is 9.84 Å². The Morgan fingerprint density at radius 1 is 1.32 bits per heavy atom. The Labute approximate surface area is 114 Å². The van der Waals surface area contributed by atoms with Crippen molar-refractivity contribution in [2.75, 3.05) is 19.8 Å². The summed E-state index contributed by atoms with van der Waals surface area (Å²) < 4.78 is 31.9. The molecule has 1 aromatic rings. The summed E-state index contributed by atoms with van der Waals surface area (Å²) in [6.07, 6.45) is 1.20. The highest BCUT2D eigenvalue weighted by Gasteiger charge is 2.14. The van der Waals surface area contributed by atoms with Gasteiger partial charge in [0.15, 0.2) is 0 Å². The molecule has 1 rings (SSSR count). The van der Waals surface area contributed by atoms with Gasteiger partial charge < -0.3 is 9.84 Å². The lowest BCUT2D eigenvalue weighted by atomic mass is 10.2. The molecular weight excluding hydrogens is 266 g/mol. The van der Waals surface area contributed by atoms with Crippen LogP contribution >= 0.6 is 0 Å². The molecule has 5 nitrogen and oxygen atoms in total. The molecule has 0 saturated heterocycles. The number of hydrogen-bond donors (Lipinski definition) is 2. The first-order valence-electron chi connectivity index (χ1n) is 6.35. The van der Waals surface area contributed by atoms with Gasteiger partial charge in [0.1, 0.15) is 5.75 Å². The molecule has 0 amide bonds. The van der Waals surface area contributed by atoms with Crippen LogP contribution in [0.3, 0.4) is 0 Å². The number of nitrogens with one attached hydrogen (secondary N) is 1. The monoisotopic (exact) mass is 287 g/mol. The van der Waals surface area contributed by atoms with Gasteiger partial charge in [0.05, 0.1) is 11.5 Å². The normalized spacial score (nSPS) is 11.5. The molecule has 0 aromatic heterocycles. The lowest BCUT2D eigenvalue weighted by molar-refractivity contribution is 0.285. The van der Waals surface area contributed by atoms with Gasteiger partial charge in [0.25, 0.3) is 0 Å². The molecule has 0 aliphatic carbocycles. The third-order valence-electron chi connectivity index (χ3n) is 2.63. The van der Waals surface area contributed by atoms with E-state index in [9.17, 15) is 8.42 Å². The van der Waals surface area contributed by atoms with Crippen molar-refractivity contribution in [3.63, 3.8) is 0 Å². The fourth-order valence-electron chi connectivity index (χ4n) is 1.63. The number of benzene rings is 1. The molecule has 6 heteroatoms. The van der Waals surface area contributed by atoms with E-state index in [2.05, 4.69) is 4.72 Å². The summed E-state index contributed by atoms with van der Waals surface area (Å²) in [6, 6.07) is 4.80. The van der Waals surface area contributed by atoms with Gasteiger partial charge in [-0.3, -0.25) is 0 Å². The minimum Gasteiger partial charge on any atom is -0.494 e. The average molecular weight is 287 g/mol. The standard InChI is InChI=1S/C13H21NO4S/c1-3-18-13-7-6-12(10-11(13)2)19(16,17)14-8-4-5-9-15/h6-7,10,14-15H,3-5,8-9H2,1-2H3. The van der Waals surface area contributed by atoms with E-state index in [0.717, 1.165) is 5.56 Å². The Morgan fingerprint density at radius 3 is 2.63 bits per heavy atom. The maximum Gasteiger partial charge on any atom is 0.240 e. The van der Waals surface area contributed by atoms with Gasteiger partial charge in [-0.05, 0) is 50.5 Å². The van der Waals surface area contributed by atoms with Crippen LogP contribution in [0.15, 0.2) is 23.1 Å². The molecule has 0 fully saturated rings. The molecule has 0 atom stereocenters. The van der Waals surface area contributed by atoms with Crippen molar-refractivity contribution in [2.24, 2.45) is 0 Å². The zero-order valence-corrected chi connectivity index (χ0v) is 12.2. The molecule has 19 heavy (non-hydrogen) atoms. The predicted octanol–water partition coefficient (Wildman–Crippen LogP) is 1.44. The van der Waals surface area contributed by atoms with Gasteiger partial charge >= 0.3 is 0 Å². The predicted molar refractivity (Wildman–Crippen MR) is 73.9 cm³/mol. The van der Waals surface area contributed by atoms with Gasteiger partial charge in [0.2, 0.25) is 10.0 Å². The van der Waals surface area contributed by atoms with Crippen LogP contribution in [0.1, 0.15) is 25.3 Å². The van der Waals surface area contributed by atoms with Crippen LogP contribution in [0.5, 0.6) is 5.75 Å². The van der Waals surface area contributed by atoms with Crippen LogP contribution in [0.4, 0.5) is 0 Å². The summed E-state index contributed by atoms with van der Waals surface area (Å²) in [5.74, 6) is 0.696. The lowest BCUT2D eigenvalue weighted by Gasteiger charge is -2.10. The molecule has 0 heterocycles. The topological polar surface area (TPSA) is 75.6 Å². The minimum atomic E-state index is -3.48. The maximum atomic E-state index is 12.0. The smallest absolute Gasteiger partial charge is 0.240 e. The Balaban J connectivity index is 2.75. The minimum absolute atomic E-state index is 0.0733. The third-order valence-corrected chi connectivity index (χ3v) is 4.09. The molecule has 108 valence electrons. The number of aryl methyl sites for hydroxylation is 1. The number of aliphatic hydroxyl groups excluding tert-OH is 1. The summed E-state index contributed by atoms with van der Waals surface area (Å²) in [5, 5.41) is 8.64. The molecule has 0 spiro atoms. The highest BCUT2D eigenvalue weighted by Crippen LogP contribution is 2.21. The Kier molecular flexibility index (Phi) is 6.27. The number of rotatable bonds is 8. The zero-order chi connectivity index (χ0) is 14.3. The summed E-state index contributed by atoms with van der Waals surface area (Å²) in [6.45, 7) is 4.65. The second-order valence-corrected chi connectivity index (χ2v) is 5.96. The van der Waals surface area contributed by atoms with Crippen molar-refractivity contribution in [1.82, 2.24) is 4.72 Å². The summed E-state index contributed by atoms with van der Waals surface area (Å²) in [7, 11) is -3.48. The number of unbranched alkanes of at least 4 members (excludes halogenated alkanes) is 1. The largest absolute Gasteiger partial charge is 0.494 e. The van der Waals surface area contributed by atoms with Crippen LogP contribution < -0.4 is 9.46 Å². The van der Waals surface area contributed by atoms with Crippen LogP contribution in [-0.2, 0) is 10.0 Å². The second-order valence-electron chi connectivity index (χ2n) is 4.19. The molecule has 0 bridgehead atoms. The first-order chi connectivity index (χ1) is 9.01. The number of hydrogen-bond acceptors (Lipinski definition) is 4. The first kappa shape index (κ1) is 15.9. The molecule has 2 N–H and O–H groups in total. The summed E-state index contributed by atoms with van der Waals surface area (Å²) >= 11 is 0. The number of ether oxygens (including phenoxy) is 1. The molecule has 0 aliphatic rings. The van der Waals surface area contributed by atoms with Crippen LogP contribution in [0.2, 0.25) is 0 Å². The van der Waals surface area contributed by atoms with Crippen molar-refractivity contribution in [3.05, 3.63) is 23.8 Å². The average Bonchev–Trinajstić information content (AvgIpc) is 2.37. The second kappa shape index (κ2) is 7.47. The Morgan fingerprint density at radius 2 is 2.05 bits per heavy atom. The van der Waals surface area contributed by atoms with E-state index in [1.54, 1.807) is 12.1 Å². The molecule has 0 saturated carbocycles. The van der Waals surface area contributed by atoms with E-state index in [0.29, 0.717) is 31.7 Å². The van der Waals surface area contributed by atoms with Crippen molar-refractivity contribution < 1.29 is 18.3 Å². The van der Waals surface area contributed by atoms with Gasteiger partial charge in [-0.1, -0.05) is 0 Å². The molecule has 1 aromatic carbocycles. The van der Waals surface area contributed by atoms with Crippen LogP contribution in [0.25, 0.3) is 0 Å². The van der Waals surface area contributed by atoms with Crippen LogP contribution in [-0.4, -0.2) is 33.3 Å². The first-order valence-corrected chi connectivity index (χ1v) is 7.83. The fourth-order valence-corrected chi connectivity index (χ4v) is 2.79. The number of aliphatic hydroxyl groups is 1. The van der Waals surface area contributed by atoms with Gasteiger partial charge in [0, 0.05) is 13.2 Å². The Hall–Kier alpha value is -1.11. The highest BCUT2D eigenvalue weighted by molar-refractivity contribution is 7.89. The molecule has 0 aliphatic heterocycles. The molecule has 0 radical (unpaired) electrons. The lowest BCUT2D eigenvalue weighted by Crippen LogP contribution is -2.25. The summed E-state index contributed by atoms with van der Waals surface area (Å²) in [5.41, 5.74) is 0.792. The van der Waals surface area contributed by atoms with E-state index >= 15 is 0 Å². The molecular formula is C13H21NO4S. The SMILES string of the molecule is CCOc1ccc(S(=O)(=O)NCCCCO)cc1C. The number of sulfonamides is 1. The fraction of sp³-hybridized carbons (Fsp3) is 0.538. The maximum absolute atomic E-state index is 12.0. The zero-order valence-electron chi connectivity index (χ0n) is 11.3.